The van der Waals surface area contributed by atoms with Crippen molar-refractivity contribution in [1.29, 1.82) is 0 Å². The second-order valence-electron chi connectivity index (χ2n) is 10.7. The Morgan fingerprint density at radius 2 is 1.17 bits per heavy atom. The van der Waals surface area contributed by atoms with E-state index in [9.17, 15) is 61.3 Å². The van der Waals surface area contributed by atoms with Gasteiger partial charge in [-0.1, -0.05) is 0 Å². The number of hydrogen-bond acceptors (Lipinski definition) is 19. The van der Waals surface area contributed by atoms with E-state index < -0.39 is 137 Å². The molecule has 0 aromatic heterocycles. The molecule has 0 radical (unpaired) electrons. The maximum Gasteiger partial charge on any atom is 0.187 e. The lowest BCUT2D eigenvalue weighted by molar-refractivity contribution is -0.387. The molecule has 4 rings (SSSR count). The highest BCUT2D eigenvalue weighted by Gasteiger charge is 2.53. The smallest absolute Gasteiger partial charge is 0.187 e. The van der Waals surface area contributed by atoms with Gasteiger partial charge in [-0.3, -0.25) is 0 Å². The summed E-state index contributed by atoms with van der Waals surface area (Å²) in [4.78, 5) is 0. The Balaban J connectivity index is 1.42. The molecule has 0 bridgehead atoms. The lowest BCUT2D eigenvalue weighted by Crippen LogP contribution is -2.66. The average Bonchev–Trinajstić information content (AvgIpc) is 2.96. The summed E-state index contributed by atoms with van der Waals surface area (Å²) in [7, 11) is 0. The maximum absolute atomic E-state index is 10.8. The van der Waals surface area contributed by atoms with Crippen molar-refractivity contribution in [3.8, 4) is 0 Å². The molecule has 0 aliphatic carbocycles. The fraction of sp³-hybridized carbons (Fsp3) is 1.00. The van der Waals surface area contributed by atoms with Gasteiger partial charge in [0.2, 0.25) is 0 Å². The van der Waals surface area contributed by atoms with Crippen molar-refractivity contribution in [3.63, 3.8) is 0 Å². The quantitative estimate of drug-likeness (QED) is 0.120. The summed E-state index contributed by atoms with van der Waals surface area (Å²) >= 11 is 0. The average molecular weight is 621 g/mol. The first-order valence-corrected chi connectivity index (χ1v) is 13.4. The monoisotopic (exact) mass is 620 g/mol. The van der Waals surface area contributed by atoms with Crippen LogP contribution in [0.15, 0.2) is 0 Å². The van der Waals surface area contributed by atoms with Crippen molar-refractivity contribution in [2.75, 3.05) is 19.8 Å². The van der Waals surface area contributed by atoms with Gasteiger partial charge in [-0.2, -0.15) is 0 Å². The van der Waals surface area contributed by atoms with E-state index in [1.807, 2.05) is 0 Å². The van der Waals surface area contributed by atoms with Crippen molar-refractivity contribution < 1.29 is 94.4 Å². The molecule has 4 aliphatic heterocycles. The Morgan fingerprint density at radius 1 is 0.571 bits per heavy atom. The standard InChI is InChI=1S/C23H40O19/c1-5-9(26)13(30)17(34)21(38-5)37-4-8-12(29)14(31)18(20(35)39-8)41-23-19(15(32)11(28)7(2-24)40-23)42-22-16(33)10(27)6(25)3-36-22/h5-35H,2-4H2,1H3/t5-,6+,7-,8+,9-,10+,11-,12+,13+,14-,15+,16-,17+,18+,19+,20+,21?,22-,23-/m0/s1. The van der Waals surface area contributed by atoms with Gasteiger partial charge in [0.25, 0.3) is 0 Å². The van der Waals surface area contributed by atoms with E-state index in [2.05, 4.69) is 0 Å². The van der Waals surface area contributed by atoms with Gasteiger partial charge < -0.3 is 94.4 Å². The van der Waals surface area contributed by atoms with Gasteiger partial charge in [-0.15, -0.1) is 0 Å². The summed E-state index contributed by atoms with van der Waals surface area (Å²) in [6.07, 6.45) is -31.2. The van der Waals surface area contributed by atoms with Crippen LogP contribution in [0.4, 0.5) is 0 Å². The lowest BCUT2D eigenvalue weighted by Gasteiger charge is -2.47. The number of aliphatic hydroxyl groups is 12. The zero-order valence-corrected chi connectivity index (χ0v) is 22.3. The Hall–Kier alpha value is -0.760. The molecule has 0 aromatic carbocycles. The molecule has 19 heteroatoms. The van der Waals surface area contributed by atoms with Crippen molar-refractivity contribution in [2.45, 2.75) is 124 Å². The predicted molar refractivity (Wildman–Crippen MR) is 126 cm³/mol. The summed E-state index contributed by atoms with van der Waals surface area (Å²) in [5, 5.41) is 122. The summed E-state index contributed by atoms with van der Waals surface area (Å²) in [6, 6.07) is 0. The molecule has 19 atom stereocenters. The molecule has 4 fully saturated rings. The van der Waals surface area contributed by atoms with Crippen LogP contribution in [0.1, 0.15) is 6.92 Å². The van der Waals surface area contributed by atoms with Crippen LogP contribution in [-0.4, -0.2) is 198 Å². The molecule has 0 aromatic rings. The molecular weight excluding hydrogens is 580 g/mol. The third kappa shape index (κ3) is 6.89. The van der Waals surface area contributed by atoms with Crippen molar-refractivity contribution in [2.24, 2.45) is 0 Å². The predicted octanol–water partition coefficient (Wildman–Crippen LogP) is -8.08. The van der Waals surface area contributed by atoms with Crippen molar-refractivity contribution in [3.05, 3.63) is 0 Å². The number of hydrogen-bond donors (Lipinski definition) is 12. The van der Waals surface area contributed by atoms with E-state index in [0.29, 0.717) is 0 Å². The van der Waals surface area contributed by atoms with Crippen LogP contribution in [0.5, 0.6) is 0 Å². The highest BCUT2D eigenvalue weighted by molar-refractivity contribution is 4.95. The molecule has 4 heterocycles. The van der Waals surface area contributed by atoms with Gasteiger partial charge in [0.1, 0.15) is 85.5 Å². The first-order valence-electron chi connectivity index (χ1n) is 13.4. The number of aliphatic hydroxyl groups excluding tert-OH is 12. The molecule has 4 aliphatic rings. The molecule has 1 unspecified atom stereocenters. The molecule has 4 saturated heterocycles. The Morgan fingerprint density at radius 3 is 1.83 bits per heavy atom. The molecule has 0 saturated carbocycles. The fourth-order valence-corrected chi connectivity index (χ4v) is 5.07. The first kappa shape index (κ1) is 34.1. The van der Waals surface area contributed by atoms with Gasteiger partial charge in [0, 0.05) is 0 Å². The van der Waals surface area contributed by atoms with Crippen LogP contribution >= 0.6 is 0 Å². The van der Waals surface area contributed by atoms with E-state index in [4.69, 9.17) is 33.2 Å². The van der Waals surface area contributed by atoms with Gasteiger partial charge >= 0.3 is 0 Å². The molecule has 0 amide bonds. The summed E-state index contributed by atoms with van der Waals surface area (Å²) < 4.78 is 37.7. The van der Waals surface area contributed by atoms with E-state index in [1.165, 1.54) is 6.92 Å². The van der Waals surface area contributed by atoms with Crippen LogP contribution in [0.2, 0.25) is 0 Å². The van der Waals surface area contributed by atoms with Crippen molar-refractivity contribution in [1.82, 2.24) is 0 Å². The largest absolute Gasteiger partial charge is 0.394 e. The van der Waals surface area contributed by atoms with E-state index in [0.717, 1.165) is 0 Å². The highest BCUT2D eigenvalue weighted by atomic mass is 16.8. The van der Waals surface area contributed by atoms with Crippen LogP contribution in [0.25, 0.3) is 0 Å². The Labute approximate surface area is 238 Å². The van der Waals surface area contributed by atoms with E-state index in [-0.39, 0.29) is 0 Å². The summed E-state index contributed by atoms with van der Waals surface area (Å²) in [5.41, 5.74) is 0. The minimum Gasteiger partial charge on any atom is -0.394 e. The first-order chi connectivity index (χ1) is 19.8. The maximum atomic E-state index is 10.8. The molecular formula is C23H40O19. The van der Waals surface area contributed by atoms with Crippen LogP contribution in [0.3, 0.4) is 0 Å². The molecule has 246 valence electrons. The number of ether oxygens (including phenoxy) is 7. The lowest BCUT2D eigenvalue weighted by atomic mass is 9.97. The minimum atomic E-state index is -1.99. The molecule has 0 spiro atoms. The topological polar surface area (TPSA) is 307 Å². The second kappa shape index (κ2) is 14.1. The Kier molecular flexibility index (Phi) is 11.5. The third-order valence-electron chi connectivity index (χ3n) is 7.76. The van der Waals surface area contributed by atoms with E-state index in [1.54, 1.807) is 0 Å². The number of rotatable bonds is 8. The molecule has 12 N–H and O–H groups in total. The molecule has 19 nitrogen and oxygen atoms in total. The summed E-state index contributed by atoms with van der Waals surface area (Å²) in [5.74, 6) is 0. The highest BCUT2D eigenvalue weighted by Crippen LogP contribution is 2.32. The normalized spacial score (nSPS) is 54.1. The third-order valence-corrected chi connectivity index (χ3v) is 7.76. The zero-order valence-electron chi connectivity index (χ0n) is 22.3. The minimum absolute atomic E-state index is 0.467. The Bertz CT molecular complexity index is 855. The van der Waals surface area contributed by atoms with Crippen LogP contribution in [-0.2, 0) is 33.2 Å². The molecule has 42 heavy (non-hydrogen) atoms. The van der Waals surface area contributed by atoms with Crippen LogP contribution in [0, 0.1) is 0 Å². The van der Waals surface area contributed by atoms with Gasteiger partial charge in [0.15, 0.2) is 25.2 Å². The zero-order chi connectivity index (χ0) is 31.0. The second-order valence-corrected chi connectivity index (χ2v) is 10.7. The van der Waals surface area contributed by atoms with Crippen molar-refractivity contribution >= 4 is 0 Å². The SMILES string of the molecule is C[C@@H]1OC(OC[C@H]2O[C@@H](O)[C@H](O[C@@H]3O[C@@H](CO)[C@H](O)[C@@H](O)[C@H]3O[C@@H]3OC[C@@H](O)[C@@H](O)[C@@H]3O)[C@@H](O)[C@@H]2O)[C@H](O)[C@H](O)[C@H]1O. The summed E-state index contributed by atoms with van der Waals surface area (Å²) in [6.45, 7) is -0.434. The van der Waals surface area contributed by atoms with E-state index >= 15 is 0 Å². The van der Waals surface area contributed by atoms with Gasteiger partial charge in [-0.05, 0) is 6.92 Å². The van der Waals surface area contributed by atoms with Crippen LogP contribution < -0.4 is 0 Å². The van der Waals surface area contributed by atoms with Gasteiger partial charge in [-0.25, -0.2) is 0 Å². The van der Waals surface area contributed by atoms with Gasteiger partial charge in [0.05, 0.1) is 25.9 Å². The fourth-order valence-electron chi connectivity index (χ4n) is 5.07.